The van der Waals surface area contributed by atoms with Gasteiger partial charge in [0, 0.05) is 25.1 Å². The van der Waals surface area contributed by atoms with Crippen LogP contribution >= 0.6 is 0 Å². The molecule has 0 amide bonds. The van der Waals surface area contributed by atoms with Crippen LogP contribution in [-0.4, -0.2) is 41.1 Å². The molecular formula is C25H35N5O. The fraction of sp³-hybridized carbons (Fsp3) is 0.520. The Morgan fingerprint density at radius 1 is 1.23 bits per heavy atom. The zero-order valence-corrected chi connectivity index (χ0v) is 18.9. The summed E-state index contributed by atoms with van der Waals surface area (Å²) in [5, 5.41) is 0. The molecule has 0 radical (unpaired) electrons. The average Bonchev–Trinajstić information content (AvgIpc) is 3.27. The second-order valence-electron chi connectivity index (χ2n) is 8.85. The number of unbranched alkanes of at least 4 members (excludes halogenated alkanes) is 1. The highest BCUT2D eigenvalue weighted by molar-refractivity contribution is 5.63. The molecule has 1 atom stereocenters. The van der Waals surface area contributed by atoms with Gasteiger partial charge in [-0.15, -0.1) is 0 Å². The molecule has 3 heterocycles. The number of rotatable bonds is 8. The number of nitrogen functional groups attached to an aromatic ring is 1. The third-order valence-electron chi connectivity index (χ3n) is 6.32. The van der Waals surface area contributed by atoms with Crippen LogP contribution in [0, 0.1) is 0 Å². The lowest BCUT2D eigenvalue weighted by atomic mass is 9.97. The Labute approximate surface area is 186 Å². The van der Waals surface area contributed by atoms with Gasteiger partial charge in [0.25, 0.3) is 0 Å². The molecule has 1 saturated heterocycles. The molecule has 0 saturated carbocycles. The molecule has 2 aliphatic heterocycles. The summed E-state index contributed by atoms with van der Waals surface area (Å²) >= 11 is 0. The van der Waals surface area contributed by atoms with E-state index in [1.54, 1.807) is 0 Å². The molecule has 31 heavy (non-hydrogen) atoms. The number of aromatic nitrogens is 2. The zero-order chi connectivity index (χ0) is 21.8. The van der Waals surface area contributed by atoms with Gasteiger partial charge in [-0.2, -0.15) is 9.97 Å². The summed E-state index contributed by atoms with van der Waals surface area (Å²) in [6, 6.07) is 9.47. The van der Waals surface area contributed by atoms with E-state index in [-0.39, 0.29) is 6.04 Å². The lowest BCUT2D eigenvalue weighted by molar-refractivity contribution is 0.285. The molecular weight excluding hydrogens is 386 g/mol. The van der Waals surface area contributed by atoms with Crippen molar-refractivity contribution in [2.24, 2.45) is 0 Å². The fourth-order valence-corrected chi connectivity index (χ4v) is 4.52. The first kappa shape index (κ1) is 21.6. The number of nitrogens with zero attached hydrogens (tertiary/aromatic N) is 4. The van der Waals surface area contributed by atoms with E-state index in [1.807, 2.05) is 0 Å². The van der Waals surface area contributed by atoms with E-state index >= 15 is 0 Å². The van der Waals surface area contributed by atoms with Crippen LogP contribution in [-0.2, 0) is 13.0 Å². The van der Waals surface area contributed by atoms with Crippen molar-refractivity contribution in [3.05, 3.63) is 53.1 Å². The zero-order valence-electron chi connectivity index (χ0n) is 18.9. The quantitative estimate of drug-likeness (QED) is 0.499. The molecule has 1 aromatic carbocycles. The Hall–Kier alpha value is -2.60. The van der Waals surface area contributed by atoms with Crippen molar-refractivity contribution >= 4 is 11.6 Å². The Kier molecular flexibility index (Phi) is 6.76. The predicted molar refractivity (Wildman–Crippen MR) is 126 cm³/mol. The largest absolute Gasteiger partial charge is 0.463 e. The molecule has 166 valence electrons. The summed E-state index contributed by atoms with van der Waals surface area (Å²) in [6.45, 7) is 13.4. The van der Waals surface area contributed by atoms with Crippen LogP contribution in [0.3, 0.4) is 0 Å². The van der Waals surface area contributed by atoms with Crippen LogP contribution < -0.4 is 15.4 Å². The monoisotopic (exact) mass is 421 g/mol. The smallest absolute Gasteiger partial charge is 0.320 e. The van der Waals surface area contributed by atoms with Gasteiger partial charge >= 0.3 is 6.01 Å². The van der Waals surface area contributed by atoms with Gasteiger partial charge in [0.2, 0.25) is 0 Å². The van der Waals surface area contributed by atoms with Gasteiger partial charge in [0.15, 0.2) is 0 Å². The second kappa shape index (κ2) is 9.69. The number of anilines is 2. The highest BCUT2D eigenvalue weighted by Crippen LogP contribution is 2.37. The average molecular weight is 422 g/mol. The first-order valence-corrected chi connectivity index (χ1v) is 11.6. The molecule has 0 bridgehead atoms. The van der Waals surface area contributed by atoms with Crippen LogP contribution in [0.15, 0.2) is 36.4 Å². The van der Waals surface area contributed by atoms with Gasteiger partial charge < -0.3 is 15.4 Å². The van der Waals surface area contributed by atoms with Crippen molar-refractivity contribution in [1.29, 1.82) is 0 Å². The van der Waals surface area contributed by atoms with Crippen molar-refractivity contribution in [3.63, 3.8) is 0 Å². The van der Waals surface area contributed by atoms with Gasteiger partial charge in [0.1, 0.15) is 11.6 Å². The Morgan fingerprint density at radius 3 is 2.81 bits per heavy atom. The number of fused-ring (bicyclic) bond motifs is 1. The van der Waals surface area contributed by atoms with Gasteiger partial charge in [0.05, 0.1) is 12.6 Å². The maximum absolute atomic E-state index is 6.32. The van der Waals surface area contributed by atoms with Gasteiger partial charge in [-0.05, 0) is 50.4 Å². The van der Waals surface area contributed by atoms with E-state index < -0.39 is 0 Å². The molecule has 0 aliphatic carbocycles. The predicted octanol–water partition coefficient (Wildman–Crippen LogP) is 4.51. The summed E-state index contributed by atoms with van der Waals surface area (Å²) in [4.78, 5) is 14.0. The van der Waals surface area contributed by atoms with Gasteiger partial charge in [-0.25, -0.2) is 0 Å². The lowest BCUT2D eigenvalue weighted by Crippen LogP contribution is -2.35. The molecule has 2 N–H and O–H groups in total. The number of likely N-dealkylation sites (tertiary alicyclic amines) is 1. The summed E-state index contributed by atoms with van der Waals surface area (Å²) in [5.74, 6) is 1.38. The van der Waals surface area contributed by atoms with E-state index in [4.69, 9.17) is 15.5 Å². The second-order valence-corrected chi connectivity index (χ2v) is 8.85. The highest BCUT2D eigenvalue weighted by atomic mass is 16.5. The summed E-state index contributed by atoms with van der Waals surface area (Å²) in [7, 11) is 0. The first-order valence-electron chi connectivity index (χ1n) is 11.6. The van der Waals surface area contributed by atoms with E-state index in [1.165, 1.54) is 37.1 Å². The van der Waals surface area contributed by atoms with Crippen molar-refractivity contribution in [2.75, 3.05) is 36.9 Å². The molecule has 2 aliphatic rings. The lowest BCUT2D eigenvalue weighted by Gasteiger charge is -2.36. The number of nitrogens with two attached hydrogens (primary N) is 1. The van der Waals surface area contributed by atoms with Crippen LogP contribution in [0.4, 0.5) is 11.6 Å². The van der Waals surface area contributed by atoms with E-state index in [2.05, 4.69) is 59.5 Å². The summed E-state index contributed by atoms with van der Waals surface area (Å²) < 4.78 is 5.79. The van der Waals surface area contributed by atoms with Crippen LogP contribution in [0.2, 0.25) is 0 Å². The van der Waals surface area contributed by atoms with Crippen molar-refractivity contribution in [1.82, 2.24) is 14.9 Å². The van der Waals surface area contributed by atoms with E-state index in [9.17, 15) is 0 Å². The molecule has 1 unspecified atom stereocenters. The van der Waals surface area contributed by atoms with Gasteiger partial charge in [-0.3, -0.25) is 4.90 Å². The number of hydrogen-bond acceptors (Lipinski definition) is 6. The van der Waals surface area contributed by atoms with Crippen molar-refractivity contribution < 1.29 is 4.74 Å². The molecule has 0 spiro atoms. The van der Waals surface area contributed by atoms with Crippen molar-refractivity contribution in [3.8, 4) is 6.01 Å². The molecule has 4 rings (SSSR count). The molecule has 1 fully saturated rings. The topological polar surface area (TPSA) is 67.5 Å². The molecule has 1 aromatic heterocycles. The van der Waals surface area contributed by atoms with Crippen molar-refractivity contribution in [2.45, 2.75) is 58.5 Å². The maximum atomic E-state index is 6.32. The summed E-state index contributed by atoms with van der Waals surface area (Å²) in [5.41, 5.74) is 11.1. The Bertz CT molecular complexity index is 922. The maximum Gasteiger partial charge on any atom is 0.320 e. The highest BCUT2D eigenvalue weighted by Gasteiger charge is 2.29. The third kappa shape index (κ3) is 5.01. The number of ether oxygens (including phenoxy) is 1. The van der Waals surface area contributed by atoms with Crippen LogP contribution in [0.25, 0.3) is 0 Å². The number of hydrogen-bond donors (Lipinski definition) is 1. The standard InChI is InChI=1S/C25H35N5O/c1-4-5-13-31-25-27-23(26)22-14-18(2)16-30(24(22)28-25)19(3)21-10-8-9-20(15-21)17-29-11-6-7-12-29/h8-10,15,19H,2,4-7,11-14,16-17H2,1,3H3,(H2,26,27,28). The minimum Gasteiger partial charge on any atom is -0.463 e. The van der Waals surface area contributed by atoms with Crippen LogP contribution in [0.5, 0.6) is 6.01 Å². The minimum absolute atomic E-state index is 0.145. The molecule has 2 aromatic rings. The van der Waals surface area contributed by atoms with E-state index in [0.29, 0.717) is 24.9 Å². The Balaban J connectivity index is 1.60. The van der Waals surface area contributed by atoms with Gasteiger partial charge in [-0.1, -0.05) is 49.8 Å². The number of benzene rings is 1. The fourth-order valence-electron chi connectivity index (χ4n) is 4.52. The van der Waals surface area contributed by atoms with E-state index in [0.717, 1.165) is 42.9 Å². The first-order chi connectivity index (χ1) is 15.0. The molecule has 6 nitrogen and oxygen atoms in total. The summed E-state index contributed by atoms with van der Waals surface area (Å²) in [6.07, 6.45) is 5.38. The normalized spacial score (nSPS) is 17.6. The minimum atomic E-state index is 0.145. The Morgan fingerprint density at radius 2 is 2.03 bits per heavy atom. The molecule has 6 heteroatoms. The SMILES string of the molecule is C=C1Cc2c(N)nc(OCCCC)nc2N(C(C)c2cccc(CN3CCCC3)c2)C1. The van der Waals surface area contributed by atoms with Crippen LogP contribution in [0.1, 0.15) is 62.3 Å². The third-order valence-corrected chi connectivity index (χ3v) is 6.32.